The van der Waals surface area contributed by atoms with E-state index in [2.05, 4.69) is 18.8 Å². The number of halogens is 1. The zero-order valence-electron chi connectivity index (χ0n) is 19.7. The number of nitrogens with zero attached hydrogens (tertiary/aromatic N) is 2. The van der Waals surface area contributed by atoms with E-state index in [1.807, 2.05) is 37.3 Å². The third-order valence-corrected chi connectivity index (χ3v) is 6.12. The van der Waals surface area contributed by atoms with Crippen molar-refractivity contribution in [3.63, 3.8) is 0 Å². The van der Waals surface area contributed by atoms with E-state index in [1.54, 1.807) is 12.3 Å². The van der Waals surface area contributed by atoms with Crippen LogP contribution in [0, 0.1) is 18.7 Å². The van der Waals surface area contributed by atoms with Gasteiger partial charge in [0.25, 0.3) is 5.91 Å². The number of aromatic nitrogens is 1. The molecule has 3 heterocycles. The fourth-order valence-corrected chi connectivity index (χ4v) is 4.34. The minimum atomic E-state index is -0.802. The van der Waals surface area contributed by atoms with Crippen LogP contribution in [-0.2, 0) is 0 Å². The Morgan fingerprint density at radius 1 is 1.11 bits per heavy atom. The Kier molecular flexibility index (Phi) is 5.84. The molecule has 0 spiro atoms. The van der Waals surface area contributed by atoms with Crippen LogP contribution < -0.4 is 15.1 Å². The van der Waals surface area contributed by atoms with Gasteiger partial charge in [-0.3, -0.25) is 14.5 Å². The molecule has 0 N–H and O–H groups in total. The first-order valence-corrected chi connectivity index (χ1v) is 11.6. The molecule has 35 heavy (non-hydrogen) atoms. The fraction of sp³-hybridized carbons (Fsp3) is 0.250. The van der Waals surface area contributed by atoms with E-state index in [4.69, 9.17) is 9.15 Å². The van der Waals surface area contributed by atoms with Crippen molar-refractivity contribution < 1.29 is 18.3 Å². The molecule has 4 aromatic rings. The number of anilines is 1. The zero-order chi connectivity index (χ0) is 24.7. The van der Waals surface area contributed by atoms with Crippen LogP contribution in [0.5, 0.6) is 5.75 Å². The summed E-state index contributed by atoms with van der Waals surface area (Å²) in [5.41, 5.74) is 1.46. The largest absolute Gasteiger partial charge is 0.494 e. The summed E-state index contributed by atoms with van der Waals surface area (Å²) in [4.78, 5) is 33.1. The van der Waals surface area contributed by atoms with Gasteiger partial charge in [0.05, 0.1) is 23.6 Å². The number of ether oxygens (including phenoxy) is 1. The molecule has 7 heteroatoms. The minimum Gasteiger partial charge on any atom is -0.494 e. The average molecular weight is 473 g/mol. The van der Waals surface area contributed by atoms with Crippen LogP contribution in [0.1, 0.15) is 53.6 Å². The van der Waals surface area contributed by atoms with Crippen molar-refractivity contribution in [2.75, 3.05) is 11.5 Å². The highest BCUT2D eigenvalue weighted by Crippen LogP contribution is 2.41. The van der Waals surface area contributed by atoms with Gasteiger partial charge in [-0.15, -0.1) is 0 Å². The second kappa shape index (κ2) is 8.98. The van der Waals surface area contributed by atoms with Gasteiger partial charge in [-0.05, 0) is 72.9 Å². The maximum absolute atomic E-state index is 14.0. The highest BCUT2D eigenvalue weighted by Gasteiger charge is 2.44. The van der Waals surface area contributed by atoms with Crippen molar-refractivity contribution in [3.8, 4) is 5.75 Å². The van der Waals surface area contributed by atoms with Crippen molar-refractivity contribution in [3.05, 3.63) is 99.3 Å². The lowest BCUT2D eigenvalue weighted by atomic mass is 9.98. The van der Waals surface area contributed by atoms with E-state index in [0.717, 1.165) is 18.1 Å². The Labute approximate surface area is 202 Å². The van der Waals surface area contributed by atoms with Gasteiger partial charge in [0.1, 0.15) is 23.0 Å². The monoisotopic (exact) mass is 472 g/mol. The number of amides is 1. The molecule has 0 radical (unpaired) electrons. The minimum absolute atomic E-state index is 0.0615. The number of aryl methyl sites for hydroxylation is 1. The summed E-state index contributed by atoms with van der Waals surface area (Å²) in [6, 6.07) is 13.8. The first kappa shape index (κ1) is 22.8. The van der Waals surface area contributed by atoms with Crippen LogP contribution in [0.15, 0.2) is 70.0 Å². The molecule has 2 aromatic carbocycles. The summed E-state index contributed by atoms with van der Waals surface area (Å²) >= 11 is 0. The van der Waals surface area contributed by atoms with Crippen LogP contribution in [0.25, 0.3) is 11.0 Å². The van der Waals surface area contributed by atoms with E-state index in [1.165, 1.54) is 17.0 Å². The van der Waals surface area contributed by atoms with Crippen molar-refractivity contribution >= 4 is 22.7 Å². The average Bonchev–Trinajstić information content (AvgIpc) is 3.12. The number of carbonyl (C=O) groups excluding carboxylic acids is 1. The summed E-state index contributed by atoms with van der Waals surface area (Å²) < 4.78 is 25.8. The molecular formula is C28H25FN2O4. The molecule has 5 rings (SSSR count). The summed E-state index contributed by atoms with van der Waals surface area (Å²) in [5, 5.41) is 0.0879. The predicted molar refractivity (Wildman–Crippen MR) is 131 cm³/mol. The van der Waals surface area contributed by atoms with Crippen LogP contribution in [0.2, 0.25) is 0 Å². The first-order chi connectivity index (χ1) is 16.8. The third-order valence-electron chi connectivity index (χ3n) is 6.12. The van der Waals surface area contributed by atoms with Crippen LogP contribution >= 0.6 is 0 Å². The van der Waals surface area contributed by atoms with Gasteiger partial charge in [-0.2, -0.15) is 0 Å². The number of fused-ring (bicyclic) bond motifs is 2. The standard InChI is InChI=1S/C28H25FN2O4/c1-16(2)10-12-34-20-6-4-5-18(14-20)25-24-26(32)21-15-19(29)7-8-22(21)35-27(24)28(33)31(25)23-13-17(3)9-11-30-23/h4-9,11,13-16,25H,10,12H2,1-3H3. The Hall–Kier alpha value is -4.00. The van der Waals surface area contributed by atoms with Crippen molar-refractivity contribution in [1.29, 1.82) is 0 Å². The second-order valence-corrected chi connectivity index (χ2v) is 9.19. The highest BCUT2D eigenvalue weighted by atomic mass is 19.1. The van der Waals surface area contributed by atoms with Gasteiger partial charge in [-0.25, -0.2) is 9.37 Å². The van der Waals surface area contributed by atoms with E-state index >= 15 is 0 Å². The molecule has 178 valence electrons. The molecule has 6 nitrogen and oxygen atoms in total. The summed E-state index contributed by atoms with van der Waals surface area (Å²) in [6.45, 7) is 6.70. The SMILES string of the molecule is Cc1ccnc(N2C(=O)c3oc4ccc(F)cc4c(=O)c3C2c2cccc(OCCC(C)C)c2)c1. The maximum Gasteiger partial charge on any atom is 0.296 e. The topological polar surface area (TPSA) is 72.6 Å². The lowest BCUT2D eigenvalue weighted by molar-refractivity contribution is 0.0970. The van der Waals surface area contributed by atoms with Crippen molar-refractivity contribution in [1.82, 2.24) is 4.98 Å². The second-order valence-electron chi connectivity index (χ2n) is 9.19. The number of hydrogen-bond donors (Lipinski definition) is 0. The zero-order valence-corrected chi connectivity index (χ0v) is 19.7. The van der Waals surface area contributed by atoms with Gasteiger partial charge in [0.15, 0.2) is 5.43 Å². The predicted octanol–water partition coefficient (Wildman–Crippen LogP) is 5.81. The van der Waals surface area contributed by atoms with E-state index in [9.17, 15) is 14.0 Å². The molecule has 0 saturated heterocycles. The molecule has 1 aliphatic rings. The molecule has 0 aliphatic carbocycles. The molecule has 1 unspecified atom stereocenters. The maximum atomic E-state index is 14.0. The lowest BCUT2D eigenvalue weighted by Crippen LogP contribution is -2.30. The van der Waals surface area contributed by atoms with Gasteiger partial charge < -0.3 is 9.15 Å². The summed E-state index contributed by atoms with van der Waals surface area (Å²) in [7, 11) is 0. The summed E-state index contributed by atoms with van der Waals surface area (Å²) in [5.74, 6) is 0.442. The Morgan fingerprint density at radius 3 is 2.71 bits per heavy atom. The smallest absolute Gasteiger partial charge is 0.296 e. The molecule has 0 fully saturated rings. The van der Waals surface area contributed by atoms with Crippen molar-refractivity contribution in [2.45, 2.75) is 33.2 Å². The Balaban J connectivity index is 1.69. The number of benzene rings is 2. The molecule has 0 saturated carbocycles. The van der Waals surface area contributed by atoms with E-state index in [-0.39, 0.29) is 22.3 Å². The number of pyridine rings is 1. The normalized spacial score (nSPS) is 15.2. The summed E-state index contributed by atoms with van der Waals surface area (Å²) in [6.07, 6.45) is 2.51. The molecule has 1 amide bonds. The highest BCUT2D eigenvalue weighted by molar-refractivity contribution is 6.10. The van der Waals surface area contributed by atoms with Crippen LogP contribution in [0.4, 0.5) is 10.2 Å². The quantitative estimate of drug-likeness (QED) is 0.354. The van der Waals surface area contributed by atoms with Crippen molar-refractivity contribution in [2.24, 2.45) is 5.92 Å². The molecule has 2 aromatic heterocycles. The molecule has 1 aliphatic heterocycles. The van der Waals surface area contributed by atoms with Crippen LogP contribution in [0.3, 0.4) is 0 Å². The fourth-order valence-electron chi connectivity index (χ4n) is 4.34. The van der Waals surface area contributed by atoms with Gasteiger partial charge in [-0.1, -0.05) is 26.0 Å². The Morgan fingerprint density at radius 2 is 1.94 bits per heavy atom. The molecule has 1 atom stereocenters. The number of rotatable bonds is 6. The lowest BCUT2D eigenvalue weighted by Gasteiger charge is -2.24. The molecular weight excluding hydrogens is 447 g/mol. The van der Waals surface area contributed by atoms with Gasteiger partial charge >= 0.3 is 0 Å². The van der Waals surface area contributed by atoms with E-state index in [0.29, 0.717) is 29.7 Å². The van der Waals surface area contributed by atoms with Crippen LogP contribution in [-0.4, -0.2) is 17.5 Å². The number of carbonyl (C=O) groups is 1. The van der Waals surface area contributed by atoms with Gasteiger partial charge in [0, 0.05) is 6.20 Å². The Bertz CT molecular complexity index is 1490. The van der Waals surface area contributed by atoms with E-state index < -0.39 is 23.2 Å². The number of hydrogen-bond acceptors (Lipinski definition) is 5. The van der Waals surface area contributed by atoms with Gasteiger partial charge in [0.2, 0.25) is 5.76 Å². The third kappa shape index (κ3) is 4.18. The molecule has 0 bridgehead atoms. The first-order valence-electron chi connectivity index (χ1n) is 11.6.